The number of carbonyl (C=O) groups is 1. The lowest BCUT2D eigenvalue weighted by atomic mass is 10.1. The number of rotatable bonds is 3. The van der Waals surface area contributed by atoms with Crippen LogP contribution in [0, 0.1) is 12.3 Å². The van der Waals surface area contributed by atoms with Crippen LogP contribution in [-0.2, 0) is 4.74 Å². The van der Waals surface area contributed by atoms with Gasteiger partial charge in [0.2, 0.25) is 0 Å². The van der Waals surface area contributed by atoms with Gasteiger partial charge in [-0.25, -0.2) is 4.79 Å². The smallest absolute Gasteiger partial charge is 0.410 e. The monoisotopic (exact) mass is 291 g/mol. The molecule has 0 aliphatic heterocycles. The number of ether oxygens (including phenoxy) is 1. The summed E-state index contributed by atoms with van der Waals surface area (Å²) in [5, 5.41) is 0. The first-order chi connectivity index (χ1) is 10.7. The second-order valence-electron chi connectivity index (χ2n) is 5.31. The standard InChI is InChI=1S/C19H17NO2/c1-3-4-13-20(2)19(21)22-18-16-11-7-5-9-14(16)15-10-6-8-12-17(15)18/h1,5-12,18H,4,13H2,2H3. The molecule has 0 atom stereocenters. The van der Waals surface area contributed by atoms with E-state index in [0.717, 1.165) is 22.3 Å². The highest BCUT2D eigenvalue weighted by Crippen LogP contribution is 2.45. The number of terminal acetylenes is 1. The van der Waals surface area contributed by atoms with Crippen molar-refractivity contribution in [2.24, 2.45) is 0 Å². The Morgan fingerprint density at radius 3 is 2.23 bits per heavy atom. The van der Waals surface area contributed by atoms with Gasteiger partial charge in [0.15, 0.2) is 6.10 Å². The molecule has 0 heterocycles. The van der Waals surface area contributed by atoms with Crippen LogP contribution in [0.4, 0.5) is 4.79 Å². The SMILES string of the molecule is C#CCCN(C)C(=O)OC1c2ccccc2-c2ccccc21. The molecule has 0 spiro atoms. The predicted octanol–water partition coefficient (Wildman–Crippen LogP) is 3.85. The zero-order valence-corrected chi connectivity index (χ0v) is 12.5. The number of hydrogen-bond acceptors (Lipinski definition) is 2. The van der Waals surface area contributed by atoms with Crippen molar-refractivity contribution in [3.05, 3.63) is 59.7 Å². The summed E-state index contributed by atoms with van der Waals surface area (Å²) in [6.45, 7) is 0.491. The largest absolute Gasteiger partial charge is 0.436 e. The van der Waals surface area contributed by atoms with Gasteiger partial charge in [-0.2, -0.15) is 0 Å². The van der Waals surface area contributed by atoms with Crippen molar-refractivity contribution in [2.45, 2.75) is 12.5 Å². The van der Waals surface area contributed by atoms with Gasteiger partial charge in [-0.3, -0.25) is 0 Å². The molecular weight excluding hydrogens is 274 g/mol. The number of nitrogens with zero attached hydrogens (tertiary/aromatic N) is 1. The molecule has 0 aromatic heterocycles. The van der Waals surface area contributed by atoms with Crippen LogP contribution >= 0.6 is 0 Å². The van der Waals surface area contributed by atoms with E-state index in [9.17, 15) is 4.79 Å². The molecule has 22 heavy (non-hydrogen) atoms. The molecule has 0 N–H and O–H groups in total. The average Bonchev–Trinajstić information content (AvgIpc) is 2.87. The molecule has 110 valence electrons. The maximum atomic E-state index is 12.3. The molecule has 0 fully saturated rings. The summed E-state index contributed by atoms with van der Waals surface area (Å²) in [7, 11) is 1.70. The van der Waals surface area contributed by atoms with E-state index >= 15 is 0 Å². The van der Waals surface area contributed by atoms with E-state index in [1.165, 1.54) is 4.90 Å². The highest BCUT2D eigenvalue weighted by atomic mass is 16.6. The molecule has 0 saturated heterocycles. The normalized spacial score (nSPS) is 12.2. The molecule has 1 aliphatic carbocycles. The Kier molecular flexibility index (Phi) is 3.84. The summed E-state index contributed by atoms with van der Waals surface area (Å²) in [6.07, 6.45) is 5.05. The van der Waals surface area contributed by atoms with E-state index < -0.39 is 0 Å². The summed E-state index contributed by atoms with van der Waals surface area (Å²) in [6, 6.07) is 16.1. The molecule has 3 heteroatoms. The van der Waals surface area contributed by atoms with Crippen molar-refractivity contribution in [1.29, 1.82) is 0 Å². The fraction of sp³-hybridized carbons (Fsp3) is 0.211. The van der Waals surface area contributed by atoms with Crippen molar-refractivity contribution in [3.63, 3.8) is 0 Å². The Morgan fingerprint density at radius 2 is 1.68 bits per heavy atom. The van der Waals surface area contributed by atoms with Gasteiger partial charge in [0.1, 0.15) is 0 Å². The molecule has 0 saturated carbocycles. The van der Waals surface area contributed by atoms with Gasteiger partial charge in [0, 0.05) is 31.1 Å². The van der Waals surface area contributed by atoms with Crippen molar-refractivity contribution in [1.82, 2.24) is 4.90 Å². The molecular formula is C19H17NO2. The zero-order valence-electron chi connectivity index (χ0n) is 12.5. The first-order valence-electron chi connectivity index (χ1n) is 7.26. The Morgan fingerprint density at radius 1 is 1.14 bits per heavy atom. The second-order valence-corrected chi connectivity index (χ2v) is 5.31. The van der Waals surface area contributed by atoms with E-state index in [-0.39, 0.29) is 12.2 Å². The van der Waals surface area contributed by atoms with Crippen LogP contribution in [0.5, 0.6) is 0 Å². The summed E-state index contributed by atoms with van der Waals surface area (Å²) in [5.41, 5.74) is 4.31. The number of carbonyl (C=O) groups excluding carboxylic acids is 1. The van der Waals surface area contributed by atoms with Crippen molar-refractivity contribution in [3.8, 4) is 23.5 Å². The van der Waals surface area contributed by atoms with Crippen molar-refractivity contribution < 1.29 is 9.53 Å². The molecule has 0 bridgehead atoms. The number of benzene rings is 2. The third-order valence-corrected chi connectivity index (χ3v) is 3.90. The van der Waals surface area contributed by atoms with E-state index in [1.54, 1.807) is 7.05 Å². The number of hydrogen-bond donors (Lipinski definition) is 0. The van der Waals surface area contributed by atoms with Gasteiger partial charge in [-0.15, -0.1) is 12.3 Å². The van der Waals surface area contributed by atoms with E-state index in [1.807, 2.05) is 36.4 Å². The van der Waals surface area contributed by atoms with Gasteiger partial charge in [0.25, 0.3) is 0 Å². The maximum absolute atomic E-state index is 12.3. The molecule has 3 nitrogen and oxygen atoms in total. The molecule has 0 unspecified atom stereocenters. The van der Waals surface area contributed by atoms with Crippen LogP contribution in [0.25, 0.3) is 11.1 Å². The molecule has 1 amide bonds. The Balaban J connectivity index is 1.88. The quantitative estimate of drug-likeness (QED) is 0.804. The van der Waals surface area contributed by atoms with Crippen LogP contribution in [-0.4, -0.2) is 24.6 Å². The summed E-state index contributed by atoms with van der Waals surface area (Å²) >= 11 is 0. The van der Waals surface area contributed by atoms with E-state index in [0.29, 0.717) is 13.0 Å². The summed E-state index contributed by atoms with van der Waals surface area (Å²) < 4.78 is 5.74. The number of fused-ring (bicyclic) bond motifs is 3. The van der Waals surface area contributed by atoms with Gasteiger partial charge in [-0.05, 0) is 11.1 Å². The minimum absolute atomic E-state index is 0.354. The molecule has 2 aromatic rings. The Labute approximate surface area is 130 Å². The van der Waals surface area contributed by atoms with Crippen LogP contribution < -0.4 is 0 Å². The van der Waals surface area contributed by atoms with E-state index in [2.05, 4.69) is 18.1 Å². The molecule has 2 aromatic carbocycles. The van der Waals surface area contributed by atoms with Crippen LogP contribution in [0.15, 0.2) is 48.5 Å². The Bertz CT molecular complexity index is 700. The first kappa shape index (κ1) is 14.2. The minimum Gasteiger partial charge on any atom is -0.436 e. The minimum atomic E-state index is -0.355. The lowest BCUT2D eigenvalue weighted by Crippen LogP contribution is -2.29. The second kappa shape index (κ2) is 5.95. The average molecular weight is 291 g/mol. The van der Waals surface area contributed by atoms with Gasteiger partial charge < -0.3 is 9.64 Å². The first-order valence-corrected chi connectivity index (χ1v) is 7.26. The zero-order chi connectivity index (χ0) is 15.5. The Hall–Kier alpha value is -2.73. The molecule has 1 aliphatic rings. The summed E-state index contributed by atoms with van der Waals surface area (Å²) in [5.74, 6) is 2.53. The highest BCUT2D eigenvalue weighted by molar-refractivity contribution is 5.79. The number of amides is 1. The topological polar surface area (TPSA) is 29.5 Å². The van der Waals surface area contributed by atoms with Crippen LogP contribution in [0.3, 0.4) is 0 Å². The third kappa shape index (κ3) is 2.44. The maximum Gasteiger partial charge on any atom is 0.410 e. The fourth-order valence-corrected chi connectivity index (χ4v) is 2.75. The highest BCUT2D eigenvalue weighted by Gasteiger charge is 2.31. The van der Waals surface area contributed by atoms with Crippen LogP contribution in [0.2, 0.25) is 0 Å². The van der Waals surface area contributed by atoms with Gasteiger partial charge in [0.05, 0.1) is 0 Å². The third-order valence-electron chi connectivity index (χ3n) is 3.90. The van der Waals surface area contributed by atoms with Crippen LogP contribution in [0.1, 0.15) is 23.7 Å². The van der Waals surface area contributed by atoms with Gasteiger partial charge >= 0.3 is 6.09 Å². The van der Waals surface area contributed by atoms with E-state index in [4.69, 9.17) is 11.2 Å². The predicted molar refractivity (Wildman–Crippen MR) is 86.3 cm³/mol. The molecule has 0 radical (unpaired) electrons. The van der Waals surface area contributed by atoms with Crippen molar-refractivity contribution >= 4 is 6.09 Å². The lowest BCUT2D eigenvalue weighted by Gasteiger charge is -2.20. The molecule has 3 rings (SSSR count). The van der Waals surface area contributed by atoms with Gasteiger partial charge in [-0.1, -0.05) is 48.5 Å². The van der Waals surface area contributed by atoms with Crippen molar-refractivity contribution in [2.75, 3.05) is 13.6 Å². The lowest BCUT2D eigenvalue weighted by molar-refractivity contribution is 0.0868. The fourth-order valence-electron chi connectivity index (χ4n) is 2.75. The summed E-state index contributed by atoms with van der Waals surface area (Å²) in [4.78, 5) is 13.8.